The van der Waals surface area contributed by atoms with Crippen LogP contribution in [0.5, 0.6) is 0 Å². The largest absolute Gasteiger partial charge is 0.462 e. The molecule has 0 bridgehead atoms. The lowest BCUT2D eigenvalue weighted by Gasteiger charge is -2.18. The summed E-state index contributed by atoms with van der Waals surface area (Å²) in [4.78, 5) is 38.4. The van der Waals surface area contributed by atoms with Gasteiger partial charge in [-0.2, -0.15) is 0 Å². The van der Waals surface area contributed by atoms with Crippen molar-refractivity contribution in [2.75, 3.05) is 13.2 Å². The molecule has 0 fully saturated rings. The third kappa shape index (κ3) is 65.8. The number of unbranched alkanes of at least 4 members (excludes halogenated alkanes) is 43. The average Bonchev–Trinajstić information content (AvgIpc) is 3.45. The second kappa shape index (κ2) is 67.6. The van der Waals surface area contributed by atoms with E-state index in [1.807, 2.05) is 0 Å². The number of carbonyl (C=O) groups is 3. The van der Waals surface area contributed by atoms with Gasteiger partial charge in [0, 0.05) is 19.3 Å². The van der Waals surface area contributed by atoms with E-state index in [9.17, 15) is 14.4 Å². The van der Waals surface area contributed by atoms with E-state index in [0.29, 0.717) is 19.3 Å². The molecule has 0 heterocycles. The first kappa shape index (κ1) is 76.1. The Hall–Kier alpha value is -2.89. The quantitative estimate of drug-likeness (QED) is 0.0261. The van der Waals surface area contributed by atoms with Crippen molar-refractivity contribution < 1.29 is 28.6 Å². The van der Waals surface area contributed by atoms with Crippen LogP contribution in [0.3, 0.4) is 0 Å². The Kier molecular flexibility index (Phi) is 65.1. The molecular formula is C73H132O6. The SMILES string of the molecule is CC/C=C\C/C=C\C/C=C\CCCCCCCC(=O)OCC(COC(=O)CCCCCCCCCCCCC/C=C\C/C=C\CCCCCCC)OC(=O)CCCCCCCCCCCCCCCCCCCCCCCCC. The molecule has 6 nitrogen and oxygen atoms in total. The van der Waals surface area contributed by atoms with Gasteiger partial charge in [0.05, 0.1) is 0 Å². The van der Waals surface area contributed by atoms with Crippen molar-refractivity contribution in [3.05, 3.63) is 60.8 Å². The van der Waals surface area contributed by atoms with Crippen molar-refractivity contribution >= 4 is 17.9 Å². The van der Waals surface area contributed by atoms with E-state index >= 15 is 0 Å². The number of allylic oxidation sites excluding steroid dienone is 10. The second-order valence-electron chi connectivity index (χ2n) is 23.4. The zero-order valence-corrected chi connectivity index (χ0v) is 52.9. The van der Waals surface area contributed by atoms with Crippen molar-refractivity contribution in [3.63, 3.8) is 0 Å². The Morgan fingerprint density at radius 1 is 0.266 bits per heavy atom. The minimum Gasteiger partial charge on any atom is -0.462 e. The molecule has 0 spiro atoms. The van der Waals surface area contributed by atoms with Crippen molar-refractivity contribution in [2.45, 2.75) is 374 Å². The van der Waals surface area contributed by atoms with Crippen LogP contribution in [0.25, 0.3) is 0 Å². The summed E-state index contributed by atoms with van der Waals surface area (Å²) in [6.07, 6.45) is 86.7. The van der Waals surface area contributed by atoms with Gasteiger partial charge in [0.25, 0.3) is 0 Å². The standard InChI is InChI=1S/C73H132O6/c1-4-7-10-13-16-19-22-25-28-30-32-34-36-38-40-42-45-48-51-54-57-60-63-66-72(75)78-69-70(68-77-71(74)65-62-59-56-53-50-47-44-27-24-21-18-15-12-9-6-3)79-73(76)67-64-61-58-55-52-49-46-43-41-39-37-35-33-31-29-26-23-20-17-14-11-8-5-2/h9,12,18,21-22,25,27,30,32,44,70H,4-8,10-11,13-17,19-20,23-24,26,28-29,31,33-43,45-69H2,1-3H3/b12-9-,21-18-,25-22-,32-30-,44-27-. The van der Waals surface area contributed by atoms with Crippen LogP contribution >= 0.6 is 0 Å². The predicted octanol–water partition coefficient (Wildman–Crippen LogP) is 23.9. The minimum atomic E-state index is -0.782. The first-order valence-corrected chi connectivity index (χ1v) is 34.8. The van der Waals surface area contributed by atoms with Gasteiger partial charge in [-0.15, -0.1) is 0 Å². The molecule has 0 aromatic rings. The van der Waals surface area contributed by atoms with E-state index < -0.39 is 6.10 Å². The van der Waals surface area contributed by atoms with E-state index in [1.54, 1.807) is 0 Å². The molecule has 0 saturated carbocycles. The summed E-state index contributed by atoms with van der Waals surface area (Å²) in [5, 5.41) is 0. The molecule has 0 saturated heterocycles. The van der Waals surface area contributed by atoms with Crippen LogP contribution in [0.1, 0.15) is 367 Å². The highest BCUT2D eigenvalue weighted by Crippen LogP contribution is 2.18. The number of ether oxygens (including phenoxy) is 3. The maximum absolute atomic E-state index is 13.0. The number of hydrogen-bond donors (Lipinski definition) is 0. The molecule has 0 radical (unpaired) electrons. The summed E-state index contributed by atoms with van der Waals surface area (Å²) in [5.41, 5.74) is 0. The van der Waals surface area contributed by atoms with Crippen molar-refractivity contribution in [1.82, 2.24) is 0 Å². The highest BCUT2D eigenvalue weighted by atomic mass is 16.6. The van der Waals surface area contributed by atoms with Gasteiger partial charge in [-0.25, -0.2) is 0 Å². The molecule has 0 aliphatic heterocycles. The minimum absolute atomic E-state index is 0.0774. The van der Waals surface area contributed by atoms with Gasteiger partial charge in [0.15, 0.2) is 6.10 Å². The molecule has 0 N–H and O–H groups in total. The number of esters is 3. The lowest BCUT2D eigenvalue weighted by atomic mass is 10.0. The van der Waals surface area contributed by atoms with E-state index in [-0.39, 0.29) is 31.1 Å². The van der Waals surface area contributed by atoms with Crippen molar-refractivity contribution in [3.8, 4) is 0 Å². The smallest absolute Gasteiger partial charge is 0.306 e. The highest BCUT2D eigenvalue weighted by Gasteiger charge is 2.19. The molecule has 1 atom stereocenters. The summed E-state index contributed by atoms with van der Waals surface area (Å²) in [7, 11) is 0. The van der Waals surface area contributed by atoms with Gasteiger partial charge >= 0.3 is 17.9 Å². The van der Waals surface area contributed by atoms with Gasteiger partial charge in [0.1, 0.15) is 13.2 Å². The zero-order valence-electron chi connectivity index (χ0n) is 52.9. The molecule has 0 aromatic heterocycles. The topological polar surface area (TPSA) is 78.9 Å². The van der Waals surface area contributed by atoms with Crippen LogP contribution in [0.2, 0.25) is 0 Å². The number of hydrogen-bond acceptors (Lipinski definition) is 6. The third-order valence-corrected chi connectivity index (χ3v) is 15.5. The molecule has 0 aliphatic carbocycles. The van der Waals surface area contributed by atoms with Gasteiger partial charge in [-0.1, -0.05) is 326 Å². The van der Waals surface area contributed by atoms with E-state index in [4.69, 9.17) is 14.2 Å². The Morgan fingerprint density at radius 3 is 0.772 bits per heavy atom. The van der Waals surface area contributed by atoms with Crippen LogP contribution < -0.4 is 0 Å². The molecule has 460 valence electrons. The van der Waals surface area contributed by atoms with Gasteiger partial charge < -0.3 is 14.2 Å². The van der Waals surface area contributed by atoms with Crippen LogP contribution in [-0.4, -0.2) is 37.2 Å². The molecule has 0 rings (SSSR count). The van der Waals surface area contributed by atoms with Gasteiger partial charge in [-0.05, 0) is 83.5 Å². The first-order valence-electron chi connectivity index (χ1n) is 34.8. The summed E-state index contributed by atoms with van der Waals surface area (Å²) in [5.74, 6) is -0.873. The van der Waals surface area contributed by atoms with Gasteiger partial charge in [-0.3, -0.25) is 14.4 Å². The zero-order chi connectivity index (χ0) is 57.1. The van der Waals surface area contributed by atoms with Gasteiger partial charge in [0.2, 0.25) is 0 Å². The molecule has 79 heavy (non-hydrogen) atoms. The lowest BCUT2D eigenvalue weighted by molar-refractivity contribution is -0.167. The maximum atomic E-state index is 13.0. The lowest BCUT2D eigenvalue weighted by Crippen LogP contribution is -2.30. The molecule has 1 unspecified atom stereocenters. The summed E-state index contributed by atoms with van der Waals surface area (Å²) in [6.45, 7) is 6.57. The Morgan fingerprint density at radius 2 is 0.494 bits per heavy atom. The molecular weight excluding hydrogens is 973 g/mol. The number of rotatable bonds is 64. The number of carbonyl (C=O) groups excluding carboxylic acids is 3. The fourth-order valence-corrected chi connectivity index (χ4v) is 10.3. The van der Waals surface area contributed by atoms with Crippen molar-refractivity contribution in [1.29, 1.82) is 0 Å². The molecule has 0 aromatic carbocycles. The van der Waals surface area contributed by atoms with E-state index in [1.165, 1.54) is 225 Å². The Balaban J connectivity index is 4.30. The van der Waals surface area contributed by atoms with Crippen molar-refractivity contribution in [2.24, 2.45) is 0 Å². The van der Waals surface area contributed by atoms with Crippen LogP contribution in [0.15, 0.2) is 60.8 Å². The first-order chi connectivity index (χ1) is 39.0. The summed E-state index contributed by atoms with van der Waals surface area (Å²) >= 11 is 0. The van der Waals surface area contributed by atoms with E-state index in [0.717, 1.165) is 103 Å². The van der Waals surface area contributed by atoms with Crippen LogP contribution in [0, 0.1) is 0 Å². The normalized spacial score (nSPS) is 12.4. The Labute approximate surface area is 491 Å². The second-order valence-corrected chi connectivity index (χ2v) is 23.4. The van der Waals surface area contributed by atoms with E-state index in [2.05, 4.69) is 81.5 Å². The monoisotopic (exact) mass is 1110 g/mol. The average molecular weight is 1110 g/mol. The highest BCUT2D eigenvalue weighted by molar-refractivity contribution is 5.71. The fraction of sp³-hybridized carbons (Fsp3) is 0.822. The fourth-order valence-electron chi connectivity index (χ4n) is 10.3. The Bertz CT molecular complexity index is 1410. The molecule has 0 amide bonds. The van der Waals surface area contributed by atoms with Crippen LogP contribution in [0.4, 0.5) is 0 Å². The third-order valence-electron chi connectivity index (χ3n) is 15.5. The molecule has 0 aliphatic rings. The maximum Gasteiger partial charge on any atom is 0.306 e. The summed E-state index contributed by atoms with van der Waals surface area (Å²) < 4.78 is 17.0. The molecule has 6 heteroatoms. The van der Waals surface area contributed by atoms with Crippen LogP contribution in [-0.2, 0) is 28.6 Å². The predicted molar refractivity (Wildman–Crippen MR) is 344 cm³/mol. The summed E-state index contributed by atoms with van der Waals surface area (Å²) in [6, 6.07) is 0.